The first-order chi connectivity index (χ1) is 7.56. The molecule has 90 valence electrons. The number of nitrogens with one attached hydrogen (secondary N) is 1. The fourth-order valence-corrected chi connectivity index (χ4v) is 1.63. The maximum atomic E-state index is 4.37. The average molecular weight is 222 g/mol. The van der Waals surface area contributed by atoms with Gasteiger partial charge in [0, 0.05) is 33.7 Å². The predicted molar refractivity (Wildman–Crippen MR) is 68.7 cm³/mol. The molecule has 4 nitrogen and oxygen atoms in total. The zero-order valence-corrected chi connectivity index (χ0v) is 10.7. The van der Waals surface area contributed by atoms with Crippen LogP contribution in [0.4, 0.5) is 5.95 Å². The van der Waals surface area contributed by atoms with Crippen LogP contribution in [0.25, 0.3) is 0 Å². The molecule has 1 heterocycles. The molecule has 1 atom stereocenters. The molecule has 0 spiro atoms. The van der Waals surface area contributed by atoms with Crippen molar-refractivity contribution in [3.63, 3.8) is 0 Å². The van der Waals surface area contributed by atoms with E-state index in [1.54, 1.807) is 0 Å². The molecule has 0 aliphatic heterocycles. The Morgan fingerprint density at radius 2 is 2.31 bits per heavy atom. The number of aromatic nitrogens is 2. The zero-order valence-electron chi connectivity index (χ0n) is 10.7. The van der Waals surface area contributed by atoms with Gasteiger partial charge in [0.1, 0.15) is 0 Å². The van der Waals surface area contributed by atoms with Crippen LogP contribution in [0.15, 0.2) is 18.9 Å². The van der Waals surface area contributed by atoms with E-state index in [4.69, 9.17) is 0 Å². The van der Waals surface area contributed by atoms with Crippen LogP contribution in [0.2, 0.25) is 0 Å². The zero-order chi connectivity index (χ0) is 12.1. The third-order valence-corrected chi connectivity index (χ3v) is 2.61. The molecule has 0 aliphatic carbocycles. The van der Waals surface area contributed by atoms with Gasteiger partial charge in [-0.05, 0) is 13.3 Å². The summed E-state index contributed by atoms with van der Waals surface area (Å²) in [5.41, 5.74) is 1.19. The monoisotopic (exact) mass is 222 g/mol. The lowest BCUT2D eigenvalue weighted by atomic mass is 10.2. The molecule has 0 aromatic carbocycles. The highest BCUT2D eigenvalue weighted by Gasteiger charge is 2.08. The van der Waals surface area contributed by atoms with Gasteiger partial charge in [-0.2, -0.15) is 0 Å². The van der Waals surface area contributed by atoms with E-state index < -0.39 is 0 Å². The van der Waals surface area contributed by atoms with Crippen molar-refractivity contribution in [2.24, 2.45) is 7.05 Å². The number of anilines is 1. The molecule has 1 unspecified atom stereocenters. The lowest BCUT2D eigenvalue weighted by molar-refractivity contribution is 0.540. The third kappa shape index (κ3) is 3.10. The van der Waals surface area contributed by atoms with Crippen LogP contribution in [0.3, 0.4) is 0 Å². The van der Waals surface area contributed by atoms with Crippen molar-refractivity contribution < 1.29 is 0 Å². The highest BCUT2D eigenvalue weighted by Crippen LogP contribution is 2.10. The molecule has 1 N–H and O–H groups in total. The van der Waals surface area contributed by atoms with E-state index in [-0.39, 0.29) is 0 Å². The van der Waals surface area contributed by atoms with Gasteiger partial charge in [0.25, 0.3) is 0 Å². The number of hydrogen-bond acceptors (Lipinski definition) is 3. The Kier molecular flexibility index (Phi) is 4.55. The standard InChI is InChI=1S/C12H22N4/c1-6-7-10(2)13-8-11-9-14-12(15(3)4)16(11)5/h6,9-10,13H,1,7-8H2,2-5H3. The second-order valence-electron chi connectivity index (χ2n) is 4.31. The smallest absolute Gasteiger partial charge is 0.204 e. The molecule has 0 amide bonds. The highest BCUT2D eigenvalue weighted by molar-refractivity contribution is 5.30. The maximum Gasteiger partial charge on any atom is 0.204 e. The molecule has 1 aromatic heterocycles. The van der Waals surface area contributed by atoms with Gasteiger partial charge in [-0.3, -0.25) is 0 Å². The summed E-state index contributed by atoms with van der Waals surface area (Å²) in [5.74, 6) is 0.980. The largest absolute Gasteiger partial charge is 0.348 e. The fourth-order valence-electron chi connectivity index (χ4n) is 1.63. The lowest BCUT2D eigenvalue weighted by Crippen LogP contribution is -2.26. The van der Waals surface area contributed by atoms with Crippen molar-refractivity contribution in [1.29, 1.82) is 0 Å². The minimum Gasteiger partial charge on any atom is -0.348 e. The summed E-state index contributed by atoms with van der Waals surface area (Å²) in [5, 5.41) is 3.44. The van der Waals surface area contributed by atoms with E-state index in [9.17, 15) is 0 Å². The van der Waals surface area contributed by atoms with Crippen molar-refractivity contribution in [2.45, 2.75) is 25.9 Å². The summed E-state index contributed by atoms with van der Waals surface area (Å²) >= 11 is 0. The van der Waals surface area contributed by atoms with E-state index >= 15 is 0 Å². The molecule has 0 bridgehead atoms. The van der Waals surface area contributed by atoms with Gasteiger partial charge < -0.3 is 14.8 Å². The Labute approximate surface area is 98.0 Å². The van der Waals surface area contributed by atoms with E-state index in [1.807, 2.05) is 38.3 Å². The minimum absolute atomic E-state index is 0.454. The average Bonchev–Trinajstić information content (AvgIpc) is 2.57. The van der Waals surface area contributed by atoms with Crippen molar-refractivity contribution >= 4 is 5.95 Å². The van der Waals surface area contributed by atoms with Crippen LogP contribution in [0.1, 0.15) is 19.0 Å². The molecule has 0 aliphatic rings. The first kappa shape index (κ1) is 12.8. The van der Waals surface area contributed by atoms with E-state index in [0.717, 1.165) is 18.9 Å². The van der Waals surface area contributed by atoms with Crippen LogP contribution in [0, 0.1) is 0 Å². The van der Waals surface area contributed by atoms with Crippen LogP contribution >= 0.6 is 0 Å². The molecule has 16 heavy (non-hydrogen) atoms. The summed E-state index contributed by atoms with van der Waals surface area (Å²) in [6.07, 6.45) is 4.84. The van der Waals surface area contributed by atoms with Gasteiger partial charge >= 0.3 is 0 Å². The van der Waals surface area contributed by atoms with Crippen molar-refractivity contribution in [1.82, 2.24) is 14.9 Å². The number of rotatable bonds is 6. The van der Waals surface area contributed by atoms with Crippen LogP contribution < -0.4 is 10.2 Å². The first-order valence-corrected chi connectivity index (χ1v) is 5.58. The quantitative estimate of drug-likeness (QED) is 0.741. The van der Waals surface area contributed by atoms with Gasteiger partial charge in [-0.15, -0.1) is 6.58 Å². The summed E-state index contributed by atoms with van der Waals surface area (Å²) in [6, 6.07) is 0.454. The summed E-state index contributed by atoms with van der Waals surface area (Å²) in [6.45, 7) is 6.73. The molecule has 1 aromatic rings. The number of hydrogen-bond donors (Lipinski definition) is 1. The topological polar surface area (TPSA) is 33.1 Å². The SMILES string of the molecule is C=CCC(C)NCc1cnc(N(C)C)n1C. The first-order valence-electron chi connectivity index (χ1n) is 5.58. The Morgan fingerprint density at radius 1 is 1.62 bits per heavy atom. The van der Waals surface area contributed by atoms with E-state index in [1.165, 1.54) is 5.69 Å². The Balaban J connectivity index is 2.58. The van der Waals surface area contributed by atoms with E-state index in [0.29, 0.717) is 6.04 Å². The second-order valence-corrected chi connectivity index (χ2v) is 4.31. The highest BCUT2D eigenvalue weighted by atomic mass is 15.3. The van der Waals surface area contributed by atoms with Crippen molar-refractivity contribution in [3.8, 4) is 0 Å². The number of nitrogens with zero attached hydrogens (tertiary/aromatic N) is 3. The molecular weight excluding hydrogens is 200 g/mol. The molecule has 1 rings (SSSR count). The Hall–Kier alpha value is -1.29. The van der Waals surface area contributed by atoms with Gasteiger partial charge in [-0.25, -0.2) is 4.98 Å². The molecule has 0 radical (unpaired) electrons. The van der Waals surface area contributed by atoms with Gasteiger partial charge in [-0.1, -0.05) is 6.08 Å². The fraction of sp³-hybridized carbons (Fsp3) is 0.583. The van der Waals surface area contributed by atoms with Crippen LogP contribution in [-0.4, -0.2) is 29.7 Å². The summed E-state index contributed by atoms with van der Waals surface area (Å²) < 4.78 is 2.10. The maximum absolute atomic E-state index is 4.37. The normalized spacial score (nSPS) is 12.5. The third-order valence-electron chi connectivity index (χ3n) is 2.61. The molecule has 0 fully saturated rings. The Morgan fingerprint density at radius 3 is 2.81 bits per heavy atom. The summed E-state index contributed by atoms with van der Waals surface area (Å²) in [7, 11) is 6.04. The molecular formula is C12H22N4. The van der Waals surface area contributed by atoms with Crippen molar-refractivity contribution in [3.05, 3.63) is 24.5 Å². The second kappa shape index (κ2) is 5.70. The summed E-state index contributed by atoms with van der Waals surface area (Å²) in [4.78, 5) is 6.38. The van der Waals surface area contributed by atoms with Crippen LogP contribution in [-0.2, 0) is 13.6 Å². The molecule has 0 saturated carbocycles. The van der Waals surface area contributed by atoms with Crippen molar-refractivity contribution in [2.75, 3.05) is 19.0 Å². The molecule has 0 saturated heterocycles. The Bertz CT molecular complexity index is 341. The van der Waals surface area contributed by atoms with Gasteiger partial charge in [0.2, 0.25) is 5.95 Å². The predicted octanol–water partition coefficient (Wildman–Crippen LogP) is 1.54. The van der Waals surface area contributed by atoms with Gasteiger partial charge in [0.05, 0.1) is 11.9 Å². The number of imidazole rings is 1. The van der Waals surface area contributed by atoms with Gasteiger partial charge in [0.15, 0.2) is 0 Å². The van der Waals surface area contributed by atoms with E-state index in [2.05, 4.69) is 28.4 Å². The van der Waals surface area contributed by atoms with Crippen LogP contribution in [0.5, 0.6) is 0 Å². The minimum atomic E-state index is 0.454. The molecule has 4 heteroatoms. The lowest BCUT2D eigenvalue weighted by Gasteiger charge is -2.14.